The van der Waals surface area contributed by atoms with Gasteiger partial charge in [0.2, 0.25) is 0 Å². The largest absolute Gasteiger partial charge is 0.481 e. The van der Waals surface area contributed by atoms with E-state index in [-0.39, 0.29) is 5.60 Å². The number of carboxylic acids is 1. The Morgan fingerprint density at radius 1 is 1.38 bits per heavy atom. The fraction of sp³-hybridized carbons (Fsp3) is 0.588. The third kappa shape index (κ3) is 2.97. The summed E-state index contributed by atoms with van der Waals surface area (Å²) in [5, 5.41) is 9.55. The van der Waals surface area contributed by atoms with Crippen LogP contribution in [0.3, 0.4) is 0 Å². The second kappa shape index (κ2) is 5.43. The first-order valence-corrected chi connectivity index (χ1v) is 7.65. The summed E-state index contributed by atoms with van der Waals surface area (Å²) in [4.78, 5) is 14.0. The van der Waals surface area contributed by atoms with Gasteiger partial charge in [-0.05, 0) is 37.8 Å². The Hall–Kier alpha value is -1.39. The molecule has 0 saturated carbocycles. The Morgan fingerprint density at radius 2 is 2.14 bits per heavy atom. The summed E-state index contributed by atoms with van der Waals surface area (Å²) in [6.45, 7) is 6.44. The Balaban J connectivity index is 1.84. The average Bonchev–Trinajstić information content (AvgIpc) is 2.45. The van der Waals surface area contributed by atoms with Crippen LogP contribution in [0.5, 0.6) is 0 Å². The molecule has 0 aromatic heterocycles. The maximum Gasteiger partial charge on any atom is 0.312 e. The fourth-order valence-electron chi connectivity index (χ4n) is 3.63. The standard InChI is InChI=1S/C17H23NO3/c1-17(2)9-13(7-8-21-17)18-10-12-5-3-4-6-14(12)15(11-18)16(19)20/h3-6,13,15H,7-11H2,1-2H3,(H,19,20). The molecule has 2 atom stereocenters. The Kier molecular flexibility index (Phi) is 3.76. The minimum absolute atomic E-state index is 0.112. The van der Waals surface area contributed by atoms with Crippen LogP contribution < -0.4 is 0 Å². The molecule has 1 aromatic carbocycles. The number of rotatable bonds is 2. The molecule has 0 aliphatic carbocycles. The van der Waals surface area contributed by atoms with Crippen LogP contribution in [0.25, 0.3) is 0 Å². The van der Waals surface area contributed by atoms with Crippen LogP contribution in [0, 0.1) is 0 Å². The summed E-state index contributed by atoms with van der Waals surface area (Å²) in [7, 11) is 0. The number of carboxylic acid groups (broad SMARTS) is 1. The molecule has 2 aliphatic heterocycles. The number of hydrogen-bond donors (Lipinski definition) is 1. The van der Waals surface area contributed by atoms with Gasteiger partial charge in [-0.15, -0.1) is 0 Å². The number of ether oxygens (including phenoxy) is 1. The lowest BCUT2D eigenvalue weighted by Gasteiger charge is -2.44. The zero-order valence-electron chi connectivity index (χ0n) is 12.7. The van der Waals surface area contributed by atoms with E-state index in [1.54, 1.807) is 0 Å². The van der Waals surface area contributed by atoms with E-state index in [0.29, 0.717) is 12.6 Å². The van der Waals surface area contributed by atoms with E-state index in [4.69, 9.17) is 4.74 Å². The van der Waals surface area contributed by atoms with Crippen molar-refractivity contribution in [1.82, 2.24) is 4.90 Å². The summed E-state index contributed by atoms with van der Waals surface area (Å²) < 4.78 is 5.79. The first-order valence-electron chi connectivity index (χ1n) is 7.65. The van der Waals surface area contributed by atoms with Gasteiger partial charge in [0.1, 0.15) is 0 Å². The average molecular weight is 289 g/mol. The number of fused-ring (bicyclic) bond motifs is 1. The highest BCUT2D eigenvalue weighted by Crippen LogP contribution is 2.34. The molecule has 2 aliphatic rings. The highest BCUT2D eigenvalue weighted by Gasteiger charge is 2.37. The van der Waals surface area contributed by atoms with E-state index >= 15 is 0 Å². The van der Waals surface area contributed by atoms with Crippen molar-refractivity contribution in [1.29, 1.82) is 0 Å². The summed E-state index contributed by atoms with van der Waals surface area (Å²) in [5.41, 5.74) is 2.02. The molecule has 1 fully saturated rings. The molecule has 2 heterocycles. The molecule has 4 heteroatoms. The van der Waals surface area contributed by atoms with Crippen LogP contribution in [-0.2, 0) is 16.1 Å². The zero-order chi connectivity index (χ0) is 15.0. The molecule has 1 aromatic rings. The number of aliphatic carboxylic acids is 1. The Labute approximate surface area is 125 Å². The summed E-state index contributed by atoms with van der Waals surface area (Å²) in [6, 6.07) is 8.35. The minimum atomic E-state index is -0.724. The summed E-state index contributed by atoms with van der Waals surface area (Å²) in [5.74, 6) is -1.14. The molecule has 21 heavy (non-hydrogen) atoms. The van der Waals surface area contributed by atoms with Crippen LogP contribution in [0.1, 0.15) is 43.7 Å². The Bertz CT molecular complexity index is 541. The van der Waals surface area contributed by atoms with Gasteiger partial charge >= 0.3 is 5.97 Å². The van der Waals surface area contributed by atoms with E-state index in [2.05, 4.69) is 24.8 Å². The van der Waals surface area contributed by atoms with Gasteiger partial charge in [0, 0.05) is 25.7 Å². The van der Waals surface area contributed by atoms with Gasteiger partial charge in [-0.25, -0.2) is 0 Å². The van der Waals surface area contributed by atoms with Crippen molar-refractivity contribution in [3.8, 4) is 0 Å². The zero-order valence-corrected chi connectivity index (χ0v) is 12.7. The number of carbonyl (C=O) groups is 1. The molecule has 0 radical (unpaired) electrons. The van der Waals surface area contributed by atoms with E-state index < -0.39 is 11.9 Å². The molecular weight excluding hydrogens is 266 g/mol. The fourth-order valence-corrected chi connectivity index (χ4v) is 3.63. The normalized spacial score (nSPS) is 28.9. The summed E-state index contributed by atoms with van der Waals surface area (Å²) >= 11 is 0. The molecule has 0 bridgehead atoms. The molecule has 3 rings (SSSR count). The lowest BCUT2D eigenvalue weighted by atomic mass is 9.86. The van der Waals surface area contributed by atoms with Crippen LogP contribution in [0.4, 0.5) is 0 Å². The molecule has 1 N–H and O–H groups in total. The van der Waals surface area contributed by atoms with E-state index in [1.807, 2.05) is 18.2 Å². The van der Waals surface area contributed by atoms with Crippen LogP contribution in [0.15, 0.2) is 24.3 Å². The van der Waals surface area contributed by atoms with Crippen molar-refractivity contribution < 1.29 is 14.6 Å². The number of nitrogens with zero attached hydrogens (tertiary/aromatic N) is 1. The van der Waals surface area contributed by atoms with Gasteiger partial charge in [-0.3, -0.25) is 9.69 Å². The molecule has 0 spiro atoms. The van der Waals surface area contributed by atoms with Gasteiger partial charge < -0.3 is 9.84 Å². The minimum Gasteiger partial charge on any atom is -0.481 e. The van der Waals surface area contributed by atoms with Crippen molar-refractivity contribution >= 4 is 5.97 Å². The SMILES string of the molecule is CC1(C)CC(N2Cc3ccccc3C(C(=O)O)C2)CCO1. The van der Waals surface area contributed by atoms with Crippen LogP contribution >= 0.6 is 0 Å². The molecule has 114 valence electrons. The highest BCUT2D eigenvalue weighted by molar-refractivity contribution is 5.77. The Morgan fingerprint density at radius 3 is 2.86 bits per heavy atom. The summed E-state index contributed by atoms with van der Waals surface area (Å²) in [6.07, 6.45) is 1.94. The highest BCUT2D eigenvalue weighted by atomic mass is 16.5. The molecule has 1 saturated heterocycles. The van der Waals surface area contributed by atoms with E-state index in [1.165, 1.54) is 0 Å². The lowest BCUT2D eigenvalue weighted by Crippen LogP contribution is -2.49. The van der Waals surface area contributed by atoms with E-state index in [0.717, 1.165) is 37.1 Å². The van der Waals surface area contributed by atoms with Gasteiger partial charge in [0.15, 0.2) is 0 Å². The van der Waals surface area contributed by atoms with Crippen molar-refractivity contribution in [2.24, 2.45) is 0 Å². The third-order valence-electron chi connectivity index (χ3n) is 4.71. The second-order valence-electron chi connectivity index (χ2n) is 6.77. The maximum atomic E-state index is 11.6. The molecule has 4 nitrogen and oxygen atoms in total. The quantitative estimate of drug-likeness (QED) is 0.909. The van der Waals surface area contributed by atoms with E-state index in [9.17, 15) is 9.90 Å². The van der Waals surface area contributed by atoms with Gasteiger partial charge in [0.25, 0.3) is 0 Å². The lowest BCUT2D eigenvalue weighted by molar-refractivity contribution is -0.140. The molecular formula is C17H23NO3. The van der Waals surface area contributed by atoms with Crippen molar-refractivity contribution in [3.63, 3.8) is 0 Å². The van der Waals surface area contributed by atoms with Crippen molar-refractivity contribution in [2.75, 3.05) is 13.2 Å². The smallest absolute Gasteiger partial charge is 0.312 e. The first-order chi connectivity index (χ1) is 9.96. The molecule has 2 unspecified atom stereocenters. The monoisotopic (exact) mass is 289 g/mol. The van der Waals surface area contributed by atoms with Crippen LogP contribution in [-0.4, -0.2) is 40.8 Å². The maximum absolute atomic E-state index is 11.6. The third-order valence-corrected chi connectivity index (χ3v) is 4.71. The van der Waals surface area contributed by atoms with Crippen molar-refractivity contribution in [3.05, 3.63) is 35.4 Å². The molecule has 0 amide bonds. The predicted octanol–water partition coefficient (Wildman–Crippen LogP) is 2.63. The topological polar surface area (TPSA) is 49.8 Å². The van der Waals surface area contributed by atoms with Gasteiger partial charge in [-0.2, -0.15) is 0 Å². The number of hydrogen-bond acceptors (Lipinski definition) is 3. The predicted molar refractivity (Wildman–Crippen MR) is 80.3 cm³/mol. The second-order valence-corrected chi connectivity index (χ2v) is 6.77. The van der Waals surface area contributed by atoms with Crippen molar-refractivity contribution in [2.45, 2.75) is 50.8 Å². The number of benzene rings is 1. The van der Waals surface area contributed by atoms with Gasteiger partial charge in [-0.1, -0.05) is 24.3 Å². The first kappa shape index (κ1) is 14.5. The van der Waals surface area contributed by atoms with Gasteiger partial charge in [0.05, 0.1) is 11.5 Å². The van der Waals surface area contributed by atoms with Crippen LogP contribution in [0.2, 0.25) is 0 Å².